The Kier molecular flexibility index (Phi) is 12.6. The first-order valence-corrected chi connectivity index (χ1v) is 13.4. The molecule has 7 nitrogen and oxygen atoms in total. The van der Waals surface area contributed by atoms with Gasteiger partial charge in [0.15, 0.2) is 0 Å². The zero-order chi connectivity index (χ0) is 24.6. The third-order valence-corrected chi connectivity index (χ3v) is 6.36. The predicted octanol–water partition coefficient (Wildman–Crippen LogP) is 3.41. The summed E-state index contributed by atoms with van der Waals surface area (Å²) >= 11 is 0. The van der Waals surface area contributed by atoms with E-state index < -0.39 is 0 Å². The molecule has 0 aliphatic carbocycles. The molecule has 0 saturated carbocycles. The lowest BCUT2D eigenvalue weighted by Gasteiger charge is -2.30. The van der Waals surface area contributed by atoms with Crippen LogP contribution in [0, 0.1) is 0 Å². The van der Waals surface area contributed by atoms with Crippen LogP contribution >= 0.6 is 0 Å². The molecule has 0 bridgehead atoms. The number of hydrogen-bond acceptors (Lipinski definition) is 6. The lowest BCUT2D eigenvalue weighted by atomic mass is 9.92. The lowest BCUT2D eigenvalue weighted by Crippen LogP contribution is -2.29. The second-order valence-corrected chi connectivity index (χ2v) is 9.20. The third-order valence-electron chi connectivity index (χ3n) is 6.36. The zero-order valence-corrected chi connectivity index (χ0v) is 21.1. The van der Waals surface area contributed by atoms with Gasteiger partial charge in [-0.05, 0) is 101 Å². The Morgan fingerprint density at radius 1 is 0.714 bits per heavy atom. The van der Waals surface area contributed by atoms with Gasteiger partial charge in [-0.25, -0.2) is 0 Å². The van der Waals surface area contributed by atoms with Gasteiger partial charge in [0.05, 0.1) is 6.04 Å². The topological polar surface area (TPSA) is 103 Å². The number of fused-ring (bicyclic) bond motifs is 2. The summed E-state index contributed by atoms with van der Waals surface area (Å²) in [6.07, 6.45) is 6.82. The maximum atomic E-state index is 12.1. The molecular weight excluding hydrogens is 436 g/mol. The Bertz CT molecular complexity index is 829. The summed E-state index contributed by atoms with van der Waals surface area (Å²) < 4.78 is 0. The first-order chi connectivity index (χ1) is 17.3. The summed E-state index contributed by atoms with van der Waals surface area (Å²) in [6, 6.07) is 17.1. The molecule has 0 atom stereocenters. The van der Waals surface area contributed by atoms with Crippen LogP contribution in [0.5, 0.6) is 0 Å². The highest BCUT2D eigenvalue weighted by atomic mass is 16.1. The van der Waals surface area contributed by atoms with Crippen LogP contribution < -0.4 is 32.3 Å². The normalized spacial score (nSPS) is 12.6. The minimum absolute atomic E-state index is 0.158. The fraction of sp³-hybridized carbons (Fsp3) is 0.536. The summed E-state index contributed by atoms with van der Waals surface area (Å²) in [5.74, 6) is 0.158. The largest absolute Gasteiger partial charge is 0.356 e. The quantitative estimate of drug-likeness (QED) is 0.183. The number of para-hydroxylation sites is 2. The van der Waals surface area contributed by atoms with E-state index in [0.717, 1.165) is 82.9 Å². The molecule has 0 radical (unpaired) electrons. The number of nitrogens with two attached hydrogens (primary N) is 1. The van der Waals surface area contributed by atoms with E-state index in [9.17, 15) is 4.79 Å². The van der Waals surface area contributed by atoms with Gasteiger partial charge in [-0.15, -0.1) is 0 Å². The van der Waals surface area contributed by atoms with Crippen molar-refractivity contribution in [2.75, 3.05) is 51.1 Å². The number of hydrogen-bond donors (Lipinski definition) is 6. The van der Waals surface area contributed by atoms with E-state index in [1.54, 1.807) is 0 Å². The molecule has 0 saturated heterocycles. The highest BCUT2D eigenvalue weighted by Crippen LogP contribution is 2.39. The molecule has 2 aromatic carbocycles. The number of benzene rings is 2. The van der Waals surface area contributed by atoms with Crippen molar-refractivity contribution in [2.45, 2.75) is 51.0 Å². The molecule has 1 heterocycles. The lowest BCUT2D eigenvalue weighted by molar-refractivity contribution is -0.121. The molecule has 35 heavy (non-hydrogen) atoms. The summed E-state index contributed by atoms with van der Waals surface area (Å²) in [5.41, 5.74) is 10.3. The number of carbonyl (C=O) groups excluding carboxylic acids is 1. The molecule has 2 aromatic rings. The molecule has 192 valence electrons. The van der Waals surface area contributed by atoms with Crippen LogP contribution in [0.25, 0.3) is 0 Å². The van der Waals surface area contributed by atoms with Gasteiger partial charge in [0, 0.05) is 24.3 Å². The second-order valence-electron chi connectivity index (χ2n) is 9.20. The average Bonchev–Trinajstić information content (AvgIpc) is 2.88. The SMILES string of the molecule is NCCCNCCCCNCCCNC(=O)CCCCNC1c2ccccc2Nc2ccccc21. The summed E-state index contributed by atoms with van der Waals surface area (Å²) in [5, 5.41) is 17.1. The van der Waals surface area contributed by atoms with E-state index in [4.69, 9.17) is 5.73 Å². The number of unbranched alkanes of at least 4 members (excludes halogenated alkanes) is 2. The van der Waals surface area contributed by atoms with E-state index >= 15 is 0 Å². The highest BCUT2D eigenvalue weighted by Gasteiger charge is 2.24. The molecule has 0 aromatic heterocycles. The molecule has 1 aliphatic rings. The Morgan fingerprint density at radius 2 is 1.29 bits per heavy atom. The molecule has 0 spiro atoms. The first kappa shape index (κ1) is 27.1. The molecule has 7 N–H and O–H groups in total. The third kappa shape index (κ3) is 9.61. The van der Waals surface area contributed by atoms with Crippen LogP contribution in [-0.2, 0) is 4.79 Å². The van der Waals surface area contributed by atoms with Gasteiger partial charge >= 0.3 is 0 Å². The average molecular weight is 481 g/mol. The number of carbonyl (C=O) groups is 1. The van der Waals surface area contributed by atoms with Crippen molar-refractivity contribution in [2.24, 2.45) is 5.73 Å². The number of rotatable bonds is 18. The Balaban J connectivity index is 1.20. The minimum atomic E-state index is 0.158. The Labute approximate surface area is 211 Å². The van der Waals surface area contributed by atoms with Gasteiger partial charge in [-0.2, -0.15) is 0 Å². The van der Waals surface area contributed by atoms with Crippen LogP contribution in [0.15, 0.2) is 48.5 Å². The fourth-order valence-corrected chi connectivity index (χ4v) is 4.42. The minimum Gasteiger partial charge on any atom is -0.356 e. The van der Waals surface area contributed by atoms with Crippen LogP contribution in [0.3, 0.4) is 0 Å². The summed E-state index contributed by atoms with van der Waals surface area (Å²) in [7, 11) is 0. The van der Waals surface area contributed by atoms with Gasteiger partial charge in [0.25, 0.3) is 0 Å². The van der Waals surface area contributed by atoms with E-state index in [1.165, 1.54) is 24.0 Å². The van der Waals surface area contributed by atoms with Crippen LogP contribution in [0.4, 0.5) is 11.4 Å². The number of anilines is 2. The van der Waals surface area contributed by atoms with Gasteiger partial charge in [0.2, 0.25) is 5.91 Å². The standard InChI is InChI=1S/C28H44N6O/c29-16-9-19-30-17-7-8-18-31-20-10-22-32-27(35)15-5-6-21-33-28-23-11-1-3-13-25(23)34-26-14-4-2-12-24(26)28/h1-4,11-14,28,30-31,33-34H,5-10,15-22,29H2,(H,32,35). The fourth-order valence-electron chi connectivity index (χ4n) is 4.42. The first-order valence-electron chi connectivity index (χ1n) is 13.4. The van der Waals surface area contributed by atoms with E-state index in [2.05, 4.69) is 75.1 Å². The molecule has 1 amide bonds. The summed E-state index contributed by atoms with van der Waals surface area (Å²) in [6.45, 7) is 6.44. The maximum absolute atomic E-state index is 12.1. The van der Waals surface area contributed by atoms with Crippen molar-refractivity contribution in [1.29, 1.82) is 0 Å². The zero-order valence-electron chi connectivity index (χ0n) is 21.1. The van der Waals surface area contributed by atoms with E-state index in [1.807, 2.05) is 0 Å². The van der Waals surface area contributed by atoms with E-state index in [-0.39, 0.29) is 11.9 Å². The van der Waals surface area contributed by atoms with Crippen LogP contribution in [-0.4, -0.2) is 51.7 Å². The van der Waals surface area contributed by atoms with Gasteiger partial charge in [-0.3, -0.25) is 4.79 Å². The molecular formula is C28H44N6O. The molecule has 0 unspecified atom stereocenters. The summed E-state index contributed by atoms with van der Waals surface area (Å²) in [4.78, 5) is 12.1. The van der Waals surface area contributed by atoms with Gasteiger partial charge < -0.3 is 32.3 Å². The van der Waals surface area contributed by atoms with Crippen molar-refractivity contribution in [1.82, 2.24) is 21.3 Å². The Hall–Kier alpha value is -2.45. The smallest absolute Gasteiger partial charge is 0.219 e. The molecule has 7 heteroatoms. The Morgan fingerprint density at radius 3 is 1.94 bits per heavy atom. The van der Waals surface area contributed by atoms with Crippen molar-refractivity contribution in [3.8, 4) is 0 Å². The van der Waals surface area contributed by atoms with Gasteiger partial charge in [0.1, 0.15) is 0 Å². The van der Waals surface area contributed by atoms with Crippen molar-refractivity contribution >= 4 is 17.3 Å². The van der Waals surface area contributed by atoms with Crippen molar-refractivity contribution < 1.29 is 4.79 Å². The highest BCUT2D eigenvalue weighted by molar-refractivity contribution is 5.75. The monoisotopic (exact) mass is 480 g/mol. The second kappa shape index (κ2) is 16.3. The maximum Gasteiger partial charge on any atom is 0.219 e. The van der Waals surface area contributed by atoms with Crippen molar-refractivity contribution in [3.05, 3.63) is 59.7 Å². The van der Waals surface area contributed by atoms with Crippen LogP contribution in [0.1, 0.15) is 62.1 Å². The van der Waals surface area contributed by atoms with Gasteiger partial charge in [-0.1, -0.05) is 36.4 Å². The van der Waals surface area contributed by atoms with E-state index in [0.29, 0.717) is 6.42 Å². The van der Waals surface area contributed by atoms with Crippen molar-refractivity contribution in [3.63, 3.8) is 0 Å². The molecule has 1 aliphatic heterocycles. The number of amides is 1. The van der Waals surface area contributed by atoms with Crippen LogP contribution in [0.2, 0.25) is 0 Å². The number of nitrogens with one attached hydrogen (secondary N) is 5. The molecule has 0 fully saturated rings. The molecule has 3 rings (SSSR count). The predicted molar refractivity (Wildman–Crippen MR) is 146 cm³/mol.